The van der Waals surface area contributed by atoms with E-state index in [2.05, 4.69) is 10.6 Å². The number of hydrogen-bond donors (Lipinski definition) is 3. The van der Waals surface area contributed by atoms with E-state index in [4.69, 9.17) is 4.42 Å². The average Bonchev–Trinajstić information content (AvgIpc) is 2.83. The summed E-state index contributed by atoms with van der Waals surface area (Å²) in [5.74, 6) is 0.735. The maximum atomic E-state index is 11.6. The summed E-state index contributed by atoms with van der Waals surface area (Å²) in [7, 11) is 0. The molecule has 1 aromatic rings. The Hall–Kier alpha value is -1.49. The van der Waals surface area contributed by atoms with Crippen molar-refractivity contribution in [3.05, 3.63) is 24.2 Å². The summed E-state index contributed by atoms with van der Waals surface area (Å²) in [6.07, 6.45) is 4.60. The highest BCUT2D eigenvalue weighted by molar-refractivity contribution is 5.74. The van der Waals surface area contributed by atoms with Gasteiger partial charge in [0.05, 0.1) is 18.9 Å². The van der Waals surface area contributed by atoms with E-state index < -0.39 is 0 Å². The number of furan rings is 1. The highest BCUT2D eigenvalue weighted by Crippen LogP contribution is 2.18. The zero-order valence-corrected chi connectivity index (χ0v) is 9.69. The Morgan fingerprint density at radius 2 is 2.18 bits per heavy atom. The Balaban J connectivity index is 1.67. The highest BCUT2D eigenvalue weighted by Gasteiger charge is 2.20. The molecule has 1 heterocycles. The molecule has 0 atom stereocenters. The maximum absolute atomic E-state index is 11.6. The zero-order chi connectivity index (χ0) is 12.1. The lowest BCUT2D eigenvalue weighted by Gasteiger charge is -2.26. The Bertz CT molecular complexity index is 343. The molecule has 1 fully saturated rings. The minimum Gasteiger partial charge on any atom is -0.467 e. The predicted molar refractivity (Wildman–Crippen MR) is 62.3 cm³/mol. The van der Waals surface area contributed by atoms with Gasteiger partial charge in [0, 0.05) is 6.04 Å². The fourth-order valence-corrected chi connectivity index (χ4v) is 2.04. The van der Waals surface area contributed by atoms with Gasteiger partial charge in [0.25, 0.3) is 0 Å². The van der Waals surface area contributed by atoms with E-state index in [-0.39, 0.29) is 18.2 Å². The molecule has 0 aromatic carbocycles. The molecule has 0 radical (unpaired) electrons. The quantitative estimate of drug-likeness (QED) is 0.744. The van der Waals surface area contributed by atoms with Gasteiger partial charge in [-0.1, -0.05) is 0 Å². The lowest BCUT2D eigenvalue weighted by atomic mass is 9.93. The third-order valence-corrected chi connectivity index (χ3v) is 3.04. The van der Waals surface area contributed by atoms with Crippen molar-refractivity contribution in [2.75, 3.05) is 0 Å². The number of aliphatic hydroxyl groups excluding tert-OH is 1. The van der Waals surface area contributed by atoms with Crippen LogP contribution < -0.4 is 10.6 Å². The molecule has 0 spiro atoms. The summed E-state index contributed by atoms with van der Waals surface area (Å²) >= 11 is 0. The van der Waals surface area contributed by atoms with E-state index in [0.29, 0.717) is 6.54 Å². The summed E-state index contributed by atoms with van der Waals surface area (Å²) < 4.78 is 5.11. The van der Waals surface area contributed by atoms with Gasteiger partial charge in [0.1, 0.15) is 5.76 Å². The average molecular weight is 238 g/mol. The van der Waals surface area contributed by atoms with Crippen LogP contribution in [-0.2, 0) is 6.54 Å². The second-order valence-electron chi connectivity index (χ2n) is 4.41. The molecule has 2 rings (SSSR count). The van der Waals surface area contributed by atoms with E-state index in [1.165, 1.54) is 0 Å². The molecule has 5 heteroatoms. The van der Waals surface area contributed by atoms with Crippen LogP contribution in [0.2, 0.25) is 0 Å². The molecule has 3 N–H and O–H groups in total. The largest absolute Gasteiger partial charge is 0.467 e. The van der Waals surface area contributed by atoms with E-state index in [1.807, 2.05) is 6.07 Å². The minimum atomic E-state index is -0.195. The summed E-state index contributed by atoms with van der Waals surface area (Å²) in [6.45, 7) is 0.397. The van der Waals surface area contributed by atoms with E-state index in [9.17, 15) is 9.90 Å². The van der Waals surface area contributed by atoms with Gasteiger partial charge in [0.15, 0.2) is 0 Å². The fourth-order valence-electron chi connectivity index (χ4n) is 2.04. The smallest absolute Gasteiger partial charge is 0.315 e. The van der Waals surface area contributed by atoms with Crippen molar-refractivity contribution >= 4 is 6.03 Å². The predicted octanol–water partition coefficient (Wildman–Crippen LogP) is 1.38. The van der Waals surface area contributed by atoms with E-state index >= 15 is 0 Å². The topological polar surface area (TPSA) is 74.5 Å². The molecule has 0 unspecified atom stereocenters. The number of carbonyl (C=O) groups is 1. The van der Waals surface area contributed by atoms with Crippen LogP contribution in [0.25, 0.3) is 0 Å². The van der Waals surface area contributed by atoms with Crippen LogP contribution >= 0.6 is 0 Å². The Kier molecular flexibility index (Phi) is 4.03. The Morgan fingerprint density at radius 1 is 1.41 bits per heavy atom. The molecule has 0 aliphatic heterocycles. The van der Waals surface area contributed by atoms with Gasteiger partial charge >= 0.3 is 6.03 Å². The molecule has 1 aliphatic rings. The molecule has 1 saturated carbocycles. The van der Waals surface area contributed by atoms with Gasteiger partial charge in [-0.15, -0.1) is 0 Å². The summed E-state index contributed by atoms with van der Waals surface area (Å²) in [6, 6.07) is 3.60. The van der Waals surface area contributed by atoms with Crippen molar-refractivity contribution in [2.45, 2.75) is 44.4 Å². The number of aliphatic hydroxyl groups is 1. The van der Waals surface area contributed by atoms with Crippen LogP contribution in [0.15, 0.2) is 22.8 Å². The zero-order valence-electron chi connectivity index (χ0n) is 9.69. The van der Waals surface area contributed by atoms with Crippen LogP contribution in [0.1, 0.15) is 31.4 Å². The lowest BCUT2D eigenvalue weighted by molar-refractivity contribution is 0.117. The van der Waals surface area contributed by atoms with Crippen LogP contribution in [0.4, 0.5) is 4.79 Å². The van der Waals surface area contributed by atoms with Crippen molar-refractivity contribution in [1.82, 2.24) is 10.6 Å². The highest BCUT2D eigenvalue weighted by atomic mass is 16.3. The monoisotopic (exact) mass is 238 g/mol. The summed E-state index contributed by atoms with van der Waals surface area (Å²) in [4.78, 5) is 11.6. The van der Waals surface area contributed by atoms with Crippen LogP contribution in [0, 0.1) is 0 Å². The first-order valence-corrected chi connectivity index (χ1v) is 5.99. The van der Waals surface area contributed by atoms with Crippen molar-refractivity contribution in [2.24, 2.45) is 0 Å². The number of rotatable bonds is 3. The molecular formula is C12H18N2O3. The number of hydrogen-bond acceptors (Lipinski definition) is 3. The number of nitrogens with one attached hydrogen (secondary N) is 2. The third-order valence-electron chi connectivity index (χ3n) is 3.04. The van der Waals surface area contributed by atoms with Crippen LogP contribution in [0.5, 0.6) is 0 Å². The number of carbonyl (C=O) groups excluding carboxylic acids is 1. The second kappa shape index (κ2) is 5.72. The van der Waals surface area contributed by atoms with Crippen LogP contribution in [0.3, 0.4) is 0 Å². The Labute approximate surface area is 100 Å². The van der Waals surface area contributed by atoms with Crippen molar-refractivity contribution in [3.8, 4) is 0 Å². The SMILES string of the molecule is O=C(NCc1ccco1)NC1CCC(O)CC1. The van der Waals surface area contributed by atoms with Gasteiger partial charge < -0.3 is 20.2 Å². The Morgan fingerprint density at radius 3 is 2.82 bits per heavy atom. The normalized spacial score (nSPS) is 24.3. The van der Waals surface area contributed by atoms with E-state index in [1.54, 1.807) is 12.3 Å². The molecule has 2 amide bonds. The van der Waals surface area contributed by atoms with Gasteiger partial charge in [-0.3, -0.25) is 0 Å². The molecule has 0 saturated heterocycles. The molecule has 1 aromatic heterocycles. The van der Waals surface area contributed by atoms with E-state index in [0.717, 1.165) is 31.4 Å². The minimum absolute atomic E-state index is 0.176. The second-order valence-corrected chi connectivity index (χ2v) is 4.41. The third kappa shape index (κ3) is 3.78. The van der Waals surface area contributed by atoms with Crippen LogP contribution in [-0.4, -0.2) is 23.3 Å². The van der Waals surface area contributed by atoms with Gasteiger partial charge in [-0.2, -0.15) is 0 Å². The van der Waals surface area contributed by atoms with Crippen molar-refractivity contribution < 1.29 is 14.3 Å². The van der Waals surface area contributed by atoms with Gasteiger partial charge in [-0.05, 0) is 37.8 Å². The first kappa shape index (κ1) is 12.0. The molecule has 1 aliphatic carbocycles. The number of amides is 2. The maximum Gasteiger partial charge on any atom is 0.315 e. The lowest BCUT2D eigenvalue weighted by Crippen LogP contribution is -2.43. The standard InChI is InChI=1S/C12H18N2O3/c15-10-5-3-9(4-6-10)14-12(16)13-8-11-2-1-7-17-11/h1-2,7,9-10,15H,3-6,8H2,(H2,13,14,16). The number of urea groups is 1. The summed E-state index contributed by atoms with van der Waals surface area (Å²) in [5, 5.41) is 15.0. The molecular weight excluding hydrogens is 220 g/mol. The van der Waals surface area contributed by atoms with Gasteiger partial charge in [-0.25, -0.2) is 4.79 Å². The van der Waals surface area contributed by atoms with Gasteiger partial charge in [0.2, 0.25) is 0 Å². The summed E-state index contributed by atoms with van der Waals surface area (Å²) in [5.41, 5.74) is 0. The van der Waals surface area contributed by atoms with Crippen molar-refractivity contribution in [3.63, 3.8) is 0 Å². The van der Waals surface area contributed by atoms with Crippen molar-refractivity contribution in [1.29, 1.82) is 0 Å². The molecule has 94 valence electrons. The first-order chi connectivity index (χ1) is 8.24. The molecule has 17 heavy (non-hydrogen) atoms. The molecule has 5 nitrogen and oxygen atoms in total. The molecule has 0 bridgehead atoms. The first-order valence-electron chi connectivity index (χ1n) is 5.99. The fraction of sp³-hybridized carbons (Fsp3) is 0.583.